The normalized spacial score (nSPS) is 11.6. The van der Waals surface area contributed by atoms with Crippen LogP contribution in [0.25, 0.3) is 11.1 Å². The number of carbonyl (C=O) groups excluding carboxylic acids is 2. The molecule has 1 amide bonds. The van der Waals surface area contributed by atoms with Gasteiger partial charge in [-0.05, 0) is 17.7 Å². The van der Waals surface area contributed by atoms with E-state index in [2.05, 4.69) is 10.3 Å². The number of hydrogen-bond acceptors (Lipinski definition) is 3. The SMILES string of the molecule is O=C(NC(Cn1ccnc1)C(=O)c1ccccc1)c1ccc(-c2ccccc2)c(F)c1. The van der Waals surface area contributed by atoms with Crippen molar-refractivity contribution >= 4 is 11.7 Å². The number of aromatic nitrogens is 2. The van der Waals surface area contributed by atoms with Gasteiger partial charge >= 0.3 is 0 Å². The quantitative estimate of drug-likeness (QED) is 0.458. The molecule has 0 fully saturated rings. The van der Waals surface area contributed by atoms with Gasteiger partial charge in [0.25, 0.3) is 5.91 Å². The highest BCUT2D eigenvalue weighted by Gasteiger charge is 2.23. The molecule has 0 bridgehead atoms. The lowest BCUT2D eigenvalue weighted by Gasteiger charge is -2.19. The van der Waals surface area contributed by atoms with Gasteiger partial charge in [0.2, 0.25) is 0 Å². The lowest BCUT2D eigenvalue weighted by molar-refractivity contribution is 0.0847. The van der Waals surface area contributed by atoms with Crippen molar-refractivity contribution in [3.63, 3.8) is 0 Å². The maximum atomic E-state index is 14.7. The summed E-state index contributed by atoms with van der Waals surface area (Å²) in [6, 6.07) is 21.3. The zero-order valence-corrected chi connectivity index (χ0v) is 16.6. The van der Waals surface area contributed by atoms with E-state index in [9.17, 15) is 14.0 Å². The van der Waals surface area contributed by atoms with Crippen LogP contribution in [-0.2, 0) is 6.54 Å². The van der Waals surface area contributed by atoms with Crippen molar-refractivity contribution in [2.45, 2.75) is 12.6 Å². The van der Waals surface area contributed by atoms with Crippen LogP contribution in [0.1, 0.15) is 20.7 Å². The number of nitrogens with one attached hydrogen (secondary N) is 1. The molecule has 4 rings (SSSR count). The Morgan fingerprint density at radius 3 is 2.29 bits per heavy atom. The van der Waals surface area contributed by atoms with Crippen molar-refractivity contribution < 1.29 is 14.0 Å². The van der Waals surface area contributed by atoms with Gasteiger partial charge in [0, 0.05) is 29.1 Å². The minimum Gasteiger partial charge on any atom is -0.340 e. The van der Waals surface area contributed by atoms with E-state index in [0.717, 1.165) is 5.56 Å². The molecule has 1 heterocycles. The van der Waals surface area contributed by atoms with Crippen molar-refractivity contribution in [1.82, 2.24) is 14.9 Å². The Labute approximate surface area is 179 Å². The first kappa shape index (κ1) is 20.2. The Bertz CT molecular complexity index is 1180. The number of halogens is 1. The highest BCUT2D eigenvalue weighted by Crippen LogP contribution is 2.23. The van der Waals surface area contributed by atoms with Crippen molar-refractivity contribution in [2.75, 3.05) is 0 Å². The molecule has 0 spiro atoms. The molecule has 3 aromatic carbocycles. The van der Waals surface area contributed by atoms with Gasteiger partial charge in [-0.1, -0.05) is 66.7 Å². The summed E-state index contributed by atoms with van der Waals surface area (Å²) in [4.78, 5) is 29.9. The Hall–Kier alpha value is -4.06. The van der Waals surface area contributed by atoms with Gasteiger partial charge < -0.3 is 9.88 Å². The van der Waals surface area contributed by atoms with Crippen molar-refractivity contribution in [3.05, 3.63) is 115 Å². The highest BCUT2D eigenvalue weighted by atomic mass is 19.1. The molecule has 1 aromatic heterocycles. The summed E-state index contributed by atoms with van der Waals surface area (Å²) in [6.07, 6.45) is 4.89. The fourth-order valence-corrected chi connectivity index (χ4v) is 3.35. The Kier molecular flexibility index (Phi) is 5.98. The molecule has 6 heteroatoms. The Morgan fingerprint density at radius 1 is 0.935 bits per heavy atom. The number of benzene rings is 3. The predicted octanol–water partition coefficient (Wildman–Crippen LogP) is 4.37. The number of nitrogens with zero attached hydrogens (tertiary/aromatic N) is 2. The van der Waals surface area contributed by atoms with Gasteiger partial charge in [-0.25, -0.2) is 9.37 Å². The van der Waals surface area contributed by atoms with E-state index in [1.165, 1.54) is 6.07 Å². The van der Waals surface area contributed by atoms with Crippen LogP contribution in [0.4, 0.5) is 4.39 Å². The highest BCUT2D eigenvalue weighted by molar-refractivity contribution is 6.04. The molecule has 31 heavy (non-hydrogen) atoms. The standard InChI is InChI=1S/C25H20FN3O2/c26-22-15-20(11-12-21(22)18-7-3-1-4-8-18)25(31)28-23(16-29-14-13-27-17-29)24(30)19-9-5-2-6-10-19/h1-15,17,23H,16H2,(H,28,31). The first-order valence-electron chi connectivity index (χ1n) is 9.82. The van der Waals surface area contributed by atoms with Crippen molar-refractivity contribution in [1.29, 1.82) is 0 Å². The molecule has 5 nitrogen and oxygen atoms in total. The first-order valence-corrected chi connectivity index (χ1v) is 9.82. The summed E-state index contributed by atoms with van der Waals surface area (Å²) < 4.78 is 16.4. The predicted molar refractivity (Wildman–Crippen MR) is 116 cm³/mol. The second-order valence-corrected chi connectivity index (χ2v) is 7.08. The maximum Gasteiger partial charge on any atom is 0.252 e. The van der Waals surface area contributed by atoms with Crippen molar-refractivity contribution in [2.24, 2.45) is 0 Å². The summed E-state index contributed by atoms with van der Waals surface area (Å²) in [5.74, 6) is -1.25. The van der Waals surface area contributed by atoms with E-state index in [1.807, 2.05) is 24.3 Å². The zero-order chi connectivity index (χ0) is 21.6. The molecule has 4 aromatic rings. The third-order valence-corrected chi connectivity index (χ3v) is 4.95. The summed E-state index contributed by atoms with van der Waals surface area (Å²) in [5.41, 5.74) is 1.77. The van der Waals surface area contributed by atoms with Crippen LogP contribution >= 0.6 is 0 Å². The summed E-state index contributed by atoms with van der Waals surface area (Å²) in [6.45, 7) is 0.212. The van der Waals surface area contributed by atoms with E-state index in [4.69, 9.17) is 0 Å². The second-order valence-electron chi connectivity index (χ2n) is 7.08. The van der Waals surface area contributed by atoms with Gasteiger partial charge in [0.15, 0.2) is 5.78 Å². The monoisotopic (exact) mass is 413 g/mol. The van der Waals surface area contributed by atoms with E-state index < -0.39 is 17.8 Å². The number of ketones is 1. The van der Waals surface area contributed by atoms with Gasteiger partial charge in [0.05, 0.1) is 12.9 Å². The van der Waals surface area contributed by atoms with E-state index in [1.54, 1.807) is 71.8 Å². The molecular weight excluding hydrogens is 393 g/mol. The summed E-state index contributed by atoms with van der Waals surface area (Å²) in [5, 5.41) is 2.75. The molecule has 0 saturated heterocycles. The topological polar surface area (TPSA) is 64.0 Å². The number of Topliss-reactive ketones (excluding diaryl/α,β-unsaturated/α-hetero) is 1. The molecule has 0 radical (unpaired) electrons. The Morgan fingerprint density at radius 2 is 1.65 bits per heavy atom. The lowest BCUT2D eigenvalue weighted by Crippen LogP contribution is -2.43. The number of hydrogen-bond donors (Lipinski definition) is 1. The number of amides is 1. The summed E-state index contributed by atoms with van der Waals surface area (Å²) >= 11 is 0. The molecule has 1 unspecified atom stereocenters. The molecular formula is C25H20FN3O2. The zero-order valence-electron chi connectivity index (χ0n) is 16.6. The number of carbonyl (C=O) groups is 2. The third kappa shape index (κ3) is 4.75. The van der Waals surface area contributed by atoms with Gasteiger partial charge in [0.1, 0.15) is 11.9 Å². The van der Waals surface area contributed by atoms with Gasteiger partial charge in [-0.3, -0.25) is 9.59 Å². The summed E-state index contributed by atoms with van der Waals surface area (Å²) in [7, 11) is 0. The first-order chi connectivity index (χ1) is 15.1. The van der Waals surface area contributed by atoms with Crippen LogP contribution in [0.2, 0.25) is 0 Å². The average molecular weight is 413 g/mol. The smallest absolute Gasteiger partial charge is 0.252 e. The average Bonchev–Trinajstić information content (AvgIpc) is 3.32. The lowest BCUT2D eigenvalue weighted by atomic mass is 10.0. The largest absolute Gasteiger partial charge is 0.340 e. The van der Waals surface area contributed by atoms with E-state index in [-0.39, 0.29) is 17.9 Å². The van der Waals surface area contributed by atoms with Crippen molar-refractivity contribution in [3.8, 4) is 11.1 Å². The molecule has 0 saturated carbocycles. The molecule has 0 aliphatic heterocycles. The molecule has 154 valence electrons. The maximum absolute atomic E-state index is 14.7. The number of rotatable bonds is 7. The molecule has 0 aliphatic rings. The number of imidazole rings is 1. The fourth-order valence-electron chi connectivity index (χ4n) is 3.35. The third-order valence-electron chi connectivity index (χ3n) is 4.95. The van der Waals surface area contributed by atoms with Crippen LogP contribution in [0, 0.1) is 5.82 Å². The minimum absolute atomic E-state index is 0.147. The molecule has 0 aliphatic carbocycles. The van der Waals surface area contributed by atoms with Gasteiger partial charge in [-0.2, -0.15) is 0 Å². The van der Waals surface area contributed by atoms with E-state index >= 15 is 0 Å². The minimum atomic E-state index is -0.832. The van der Waals surface area contributed by atoms with E-state index in [0.29, 0.717) is 11.1 Å². The Balaban J connectivity index is 1.57. The van der Waals surface area contributed by atoms with Crippen LogP contribution < -0.4 is 5.32 Å². The molecule has 1 N–H and O–H groups in total. The van der Waals surface area contributed by atoms with Crippen LogP contribution in [0.3, 0.4) is 0 Å². The van der Waals surface area contributed by atoms with Crippen LogP contribution in [0.15, 0.2) is 97.6 Å². The van der Waals surface area contributed by atoms with Crippen LogP contribution in [-0.4, -0.2) is 27.3 Å². The fraction of sp³-hybridized carbons (Fsp3) is 0.0800. The molecule has 1 atom stereocenters. The van der Waals surface area contributed by atoms with Crippen LogP contribution in [0.5, 0.6) is 0 Å². The second kappa shape index (κ2) is 9.17. The van der Waals surface area contributed by atoms with Gasteiger partial charge in [-0.15, -0.1) is 0 Å².